The van der Waals surface area contributed by atoms with Crippen molar-refractivity contribution in [3.05, 3.63) is 41.1 Å². The predicted molar refractivity (Wildman–Crippen MR) is 60.3 cm³/mol. The Bertz CT molecular complexity index is 720. The summed E-state index contributed by atoms with van der Waals surface area (Å²) >= 11 is 0. The van der Waals surface area contributed by atoms with Gasteiger partial charge in [-0.1, -0.05) is 0 Å². The van der Waals surface area contributed by atoms with E-state index >= 15 is 0 Å². The lowest BCUT2D eigenvalue weighted by Crippen LogP contribution is -2.16. The Hall–Kier alpha value is -2.32. The van der Waals surface area contributed by atoms with Gasteiger partial charge in [-0.05, 0) is 24.3 Å². The number of primary amides is 1. The van der Waals surface area contributed by atoms with Gasteiger partial charge >= 0.3 is 12.4 Å². The van der Waals surface area contributed by atoms with Crippen LogP contribution in [0.15, 0.2) is 24.3 Å². The summed E-state index contributed by atoms with van der Waals surface area (Å²) in [4.78, 5) is 14.4. The van der Waals surface area contributed by atoms with Crippen molar-refractivity contribution in [2.45, 2.75) is 12.4 Å². The topological polar surface area (TPSA) is 56.0 Å². The fourth-order valence-electron chi connectivity index (χ4n) is 1.75. The molecule has 0 saturated heterocycles. The van der Waals surface area contributed by atoms with Crippen LogP contribution in [0.1, 0.15) is 21.6 Å². The second-order valence-corrected chi connectivity index (χ2v) is 4.15. The molecule has 0 spiro atoms. The highest BCUT2D eigenvalue weighted by Crippen LogP contribution is 2.34. The smallest absolute Gasteiger partial charge is 0.366 e. The van der Waals surface area contributed by atoms with Crippen molar-refractivity contribution in [1.82, 2.24) is 4.98 Å². The molecule has 0 bridgehead atoms. The lowest BCUT2D eigenvalue weighted by Gasteiger charge is -2.12. The van der Waals surface area contributed by atoms with Gasteiger partial charge in [0.2, 0.25) is 5.91 Å². The number of hydrogen-bond acceptors (Lipinski definition) is 2. The number of amides is 1. The zero-order valence-corrected chi connectivity index (χ0v) is 10.0. The molecule has 0 radical (unpaired) electrons. The molecule has 21 heavy (non-hydrogen) atoms. The third kappa shape index (κ3) is 2.91. The number of carbonyl (C=O) groups is 1. The van der Waals surface area contributed by atoms with E-state index in [1.165, 1.54) is 0 Å². The Morgan fingerprint density at radius 3 is 2.10 bits per heavy atom. The summed E-state index contributed by atoms with van der Waals surface area (Å²) in [5, 5.41) is -0.384. The van der Waals surface area contributed by atoms with Crippen LogP contribution < -0.4 is 5.73 Å². The molecule has 9 heteroatoms. The third-order valence-corrected chi connectivity index (χ3v) is 2.69. The molecule has 112 valence electrons. The first-order chi connectivity index (χ1) is 9.50. The zero-order valence-electron chi connectivity index (χ0n) is 10.0. The monoisotopic (exact) mass is 308 g/mol. The number of carbonyl (C=O) groups excluding carboxylic acids is 1. The van der Waals surface area contributed by atoms with Crippen LogP contribution >= 0.6 is 0 Å². The molecule has 0 aliphatic carbocycles. The molecule has 2 aromatic rings. The molecule has 2 rings (SSSR count). The normalized spacial score (nSPS) is 12.7. The highest BCUT2D eigenvalue weighted by molar-refractivity contribution is 6.05. The Morgan fingerprint density at radius 2 is 1.62 bits per heavy atom. The summed E-state index contributed by atoms with van der Waals surface area (Å²) in [5.41, 5.74) is 1.36. The SMILES string of the molecule is NC(=O)c1cc(C(F)(F)F)nc2ccc(C(F)(F)F)cc12. The van der Waals surface area contributed by atoms with Gasteiger partial charge in [-0.2, -0.15) is 26.3 Å². The van der Waals surface area contributed by atoms with Gasteiger partial charge in [-0.15, -0.1) is 0 Å². The molecule has 2 N–H and O–H groups in total. The lowest BCUT2D eigenvalue weighted by molar-refractivity contribution is -0.141. The number of aromatic nitrogens is 1. The molecule has 1 amide bonds. The van der Waals surface area contributed by atoms with Crippen LogP contribution in [-0.4, -0.2) is 10.9 Å². The van der Waals surface area contributed by atoms with Crippen LogP contribution in [0.5, 0.6) is 0 Å². The second kappa shape index (κ2) is 4.61. The number of alkyl halides is 6. The van der Waals surface area contributed by atoms with Gasteiger partial charge < -0.3 is 5.73 Å². The number of benzene rings is 1. The number of nitrogens with two attached hydrogens (primary N) is 1. The Morgan fingerprint density at radius 1 is 1.00 bits per heavy atom. The number of fused-ring (bicyclic) bond motifs is 1. The highest BCUT2D eigenvalue weighted by Gasteiger charge is 2.35. The molecular weight excluding hydrogens is 302 g/mol. The molecule has 0 aliphatic rings. The summed E-state index contributed by atoms with van der Waals surface area (Å²) < 4.78 is 75.7. The largest absolute Gasteiger partial charge is 0.433 e. The van der Waals surface area contributed by atoms with Gasteiger partial charge in [0.15, 0.2) is 0 Å². The van der Waals surface area contributed by atoms with E-state index < -0.39 is 40.6 Å². The van der Waals surface area contributed by atoms with E-state index in [1.807, 2.05) is 0 Å². The van der Waals surface area contributed by atoms with Crippen LogP contribution in [0.2, 0.25) is 0 Å². The van der Waals surface area contributed by atoms with E-state index in [4.69, 9.17) is 5.73 Å². The molecule has 0 aliphatic heterocycles. The van der Waals surface area contributed by atoms with Crippen molar-refractivity contribution >= 4 is 16.8 Å². The average Bonchev–Trinajstić information content (AvgIpc) is 2.34. The van der Waals surface area contributed by atoms with E-state index in [9.17, 15) is 31.1 Å². The van der Waals surface area contributed by atoms with Gasteiger partial charge in [-0.3, -0.25) is 4.79 Å². The minimum Gasteiger partial charge on any atom is -0.366 e. The van der Waals surface area contributed by atoms with E-state index in [0.29, 0.717) is 18.2 Å². The first-order valence-corrected chi connectivity index (χ1v) is 5.39. The highest BCUT2D eigenvalue weighted by atomic mass is 19.4. The first-order valence-electron chi connectivity index (χ1n) is 5.39. The minimum absolute atomic E-state index is 0.338. The number of hydrogen-bond donors (Lipinski definition) is 1. The fraction of sp³-hybridized carbons (Fsp3) is 0.167. The van der Waals surface area contributed by atoms with Crippen LogP contribution in [0.3, 0.4) is 0 Å². The minimum atomic E-state index is -4.85. The van der Waals surface area contributed by atoms with Crippen molar-refractivity contribution in [2.24, 2.45) is 5.73 Å². The molecular formula is C12H6F6N2O. The number of pyridine rings is 1. The van der Waals surface area contributed by atoms with E-state index in [0.717, 1.165) is 6.07 Å². The first kappa shape index (κ1) is 15.1. The number of rotatable bonds is 1. The predicted octanol–water partition coefficient (Wildman–Crippen LogP) is 3.37. The molecule has 0 saturated carbocycles. The van der Waals surface area contributed by atoms with Crippen molar-refractivity contribution < 1.29 is 31.1 Å². The standard InChI is InChI=1S/C12H6F6N2O/c13-11(14,15)5-1-2-8-6(3-5)7(10(19)21)4-9(20-8)12(16,17)18/h1-4H,(H2,19,21). The third-order valence-electron chi connectivity index (χ3n) is 2.69. The second-order valence-electron chi connectivity index (χ2n) is 4.15. The molecule has 1 aromatic carbocycles. The van der Waals surface area contributed by atoms with E-state index in [2.05, 4.69) is 4.98 Å². The van der Waals surface area contributed by atoms with Gasteiger partial charge in [0.05, 0.1) is 16.6 Å². The maximum Gasteiger partial charge on any atom is 0.433 e. The van der Waals surface area contributed by atoms with Crippen LogP contribution in [-0.2, 0) is 12.4 Å². The summed E-state index contributed by atoms with van der Waals surface area (Å²) in [6, 6.07) is 2.23. The Kier molecular flexibility index (Phi) is 3.31. The van der Waals surface area contributed by atoms with Crippen LogP contribution in [0.4, 0.5) is 26.3 Å². The maximum absolute atomic E-state index is 12.6. The van der Waals surface area contributed by atoms with Crippen LogP contribution in [0.25, 0.3) is 10.9 Å². The van der Waals surface area contributed by atoms with Crippen molar-refractivity contribution in [3.63, 3.8) is 0 Å². The fourth-order valence-corrected chi connectivity index (χ4v) is 1.75. The van der Waals surface area contributed by atoms with Gasteiger partial charge in [0, 0.05) is 5.39 Å². The van der Waals surface area contributed by atoms with Crippen molar-refractivity contribution in [2.75, 3.05) is 0 Å². The number of nitrogens with zero attached hydrogens (tertiary/aromatic N) is 1. The van der Waals surface area contributed by atoms with E-state index in [-0.39, 0.29) is 5.39 Å². The molecule has 0 unspecified atom stereocenters. The summed E-state index contributed by atoms with van der Waals surface area (Å²) in [5.74, 6) is -1.27. The summed E-state index contributed by atoms with van der Waals surface area (Å²) in [6.07, 6.45) is -9.55. The van der Waals surface area contributed by atoms with Gasteiger partial charge in [-0.25, -0.2) is 4.98 Å². The average molecular weight is 308 g/mol. The Labute approximate surface area is 113 Å². The van der Waals surface area contributed by atoms with Gasteiger partial charge in [0.25, 0.3) is 0 Å². The number of halogens is 6. The van der Waals surface area contributed by atoms with E-state index in [1.54, 1.807) is 0 Å². The maximum atomic E-state index is 12.6. The summed E-state index contributed by atoms with van der Waals surface area (Å²) in [6.45, 7) is 0. The van der Waals surface area contributed by atoms with Crippen molar-refractivity contribution in [1.29, 1.82) is 0 Å². The summed E-state index contributed by atoms with van der Waals surface area (Å²) in [7, 11) is 0. The zero-order chi connectivity index (χ0) is 16.0. The van der Waals surface area contributed by atoms with Gasteiger partial charge in [0.1, 0.15) is 5.69 Å². The lowest BCUT2D eigenvalue weighted by atomic mass is 10.0. The van der Waals surface area contributed by atoms with Crippen LogP contribution in [0, 0.1) is 0 Å². The molecule has 1 aromatic heterocycles. The molecule has 0 atom stereocenters. The molecule has 0 fully saturated rings. The quantitative estimate of drug-likeness (QED) is 0.821. The van der Waals surface area contributed by atoms with Crippen molar-refractivity contribution in [3.8, 4) is 0 Å². The molecule has 1 heterocycles. The Balaban J connectivity index is 2.80. The molecule has 3 nitrogen and oxygen atoms in total.